The number of amides is 2. The number of carbonyl (C=O) groups excluding carboxylic acids is 2. The number of fused-ring (bicyclic) bond motifs is 1. The number of nitrogens with zero attached hydrogens (tertiary/aromatic N) is 2. The average molecular weight is 395 g/mol. The summed E-state index contributed by atoms with van der Waals surface area (Å²) in [6.45, 7) is 2.10. The van der Waals surface area contributed by atoms with Crippen LogP contribution in [0.3, 0.4) is 0 Å². The van der Waals surface area contributed by atoms with Gasteiger partial charge in [0, 0.05) is 10.9 Å². The van der Waals surface area contributed by atoms with Crippen molar-refractivity contribution in [2.45, 2.75) is 13.5 Å². The first kappa shape index (κ1) is 17.8. The molecular formula is C21H15ClN2O2S. The molecule has 134 valence electrons. The molecule has 1 aromatic heterocycles. The van der Waals surface area contributed by atoms with Crippen molar-refractivity contribution < 1.29 is 9.59 Å². The van der Waals surface area contributed by atoms with Crippen molar-refractivity contribution in [3.63, 3.8) is 0 Å². The highest BCUT2D eigenvalue weighted by atomic mass is 35.5. The Morgan fingerprint density at radius 1 is 1.11 bits per heavy atom. The van der Waals surface area contributed by atoms with E-state index in [0.29, 0.717) is 15.6 Å². The van der Waals surface area contributed by atoms with Gasteiger partial charge in [-0.05, 0) is 42.5 Å². The van der Waals surface area contributed by atoms with Crippen LogP contribution in [0.25, 0.3) is 17.0 Å². The van der Waals surface area contributed by atoms with E-state index in [1.165, 1.54) is 4.90 Å². The predicted molar refractivity (Wildman–Crippen MR) is 109 cm³/mol. The van der Waals surface area contributed by atoms with Gasteiger partial charge in [-0.1, -0.05) is 59.6 Å². The van der Waals surface area contributed by atoms with Crippen LogP contribution in [0.2, 0.25) is 5.15 Å². The maximum atomic E-state index is 12.7. The molecule has 0 saturated carbocycles. The average Bonchev–Trinajstić information content (AvgIpc) is 2.91. The molecule has 2 amide bonds. The third-order valence-electron chi connectivity index (χ3n) is 4.33. The van der Waals surface area contributed by atoms with E-state index in [-0.39, 0.29) is 17.7 Å². The largest absolute Gasteiger partial charge is 0.293 e. The lowest BCUT2D eigenvalue weighted by Crippen LogP contribution is -2.27. The highest BCUT2D eigenvalue weighted by Crippen LogP contribution is 2.34. The third-order valence-corrected chi connectivity index (χ3v) is 5.56. The number of aryl methyl sites for hydroxylation is 1. The Kier molecular flexibility index (Phi) is 4.72. The summed E-state index contributed by atoms with van der Waals surface area (Å²) in [6.07, 6.45) is 1.74. The van der Waals surface area contributed by atoms with Gasteiger partial charge in [0.2, 0.25) is 0 Å². The predicted octanol–water partition coefficient (Wildman–Crippen LogP) is 5.43. The second kappa shape index (κ2) is 7.18. The first-order chi connectivity index (χ1) is 13.0. The molecule has 1 aliphatic heterocycles. The molecule has 2 aromatic carbocycles. The molecule has 0 aliphatic carbocycles. The van der Waals surface area contributed by atoms with Crippen molar-refractivity contribution in [1.82, 2.24) is 9.88 Å². The molecule has 0 atom stereocenters. The maximum absolute atomic E-state index is 12.7. The van der Waals surface area contributed by atoms with E-state index in [1.54, 1.807) is 6.08 Å². The Bertz CT molecular complexity index is 1090. The van der Waals surface area contributed by atoms with Crippen molar-refractivity contribution in [3.8, 4) is 0 Å². The summed E-state index contributed by atoms with van der Waals surface area (Å²) in [5.41, 5.74) is 3.45. The minimum absolute atomic E-state index is 0.104. The van der Waals surface area contributed by atoms with Gasteiger partial charge < -0.3 is 0 Å². The monoisotopic (exact) mass is 394 g/mol. The molecule has 0 unspecified atom stereocenters. The Morgan fingerprint density at radius 2 is 1.85 bits per heavy atom. The summed E-state index contributed by atoms with van der Waals surface area (Å²) < 4.78 is 0. The number of hydrogen-bond donors (Lipinski definition) is 0. The fourth-order valence-corrected chi connectivity index (χ4v) is 3.91. The second-order valence-corrected chi connectivity index (χ2v) is 7.66. The van der Waals surface area contributed by atoms with E-state index in [4.69, 9.17) is 11.6 Å². The van der Waals surface area contributed by atoms with Gasteiger partial charge in [0.25, 0.3) is 11.1 Å². The molecule has 1 aliphatic rings. The molecule has 6 heteroatoms. The normalized spacial score (nSPS) is 15.9. The Labute approximate surface area is 165 Å². The maximum Gasteiger partial charge on any atom is 0.293 e. The molecule has 0 bridgehead atoms. The zero-order valence-electron chi connectivity index (χ0n) is 14.5. The summed E-state index contributed by atoms with van der Waals surface area (Å²) in [5.74, 6) is -0.310. The molecular weight excluding hydrogens is 380 g/mol. The van der Waals surface area contributed by atoms with Gasteiger partial charge in [-0.2, -0.15) is 0 Å². The van der Waals surface area contributed by atoms with Crippen molar-refractivity contribution >= 4 is 51.5 Å². The number of pyridine rings is 1. The van der Waals surface area contributed by atoms with Gasteiger partial charge in [-0.3, -0.25) is 14.5 Å². The fourth-order valence-electron chi connectivity index (χ4n) is 2.87. The molecule has 1 fully saturated rings. The fraction of sp³-hybridized carbons (Fsp3) is 0.0952. The molecule has 4 nitrogen and oxygen atoms in total. The van der Waals surface area contributed by atoms with Gasteiger partial charge in [0.1, 0.15) is 5.15 Å². The second-order valence-electron chi connectivity index (χ2n) is 6.31. The van der Waals surface area contributed by atoms with Crippen LogP contribution >= 0.6 is 23.4 Å². The zero-order chi connectivity index (χ0) is 19.0. The number of hydrogen-bond acceptors (Lipinski definition) is 4. The lowest BCUT2D eigenvalue weighted by atomic mass is 10.1. The first-order valence-electron chi connectivity index (χ1n) is 8.37. The number of imide groups is 1. The summed E-state index contributed by atoms with van der Waals surface area (Å²) in [6, 6.07) is 17.2. The van der Waals surface area contributed by atoms with Gasteiger partial charge in [-0.25, -0.2) is 4.98 Å². The van der Waals surface area contributed by atoms with Crippen LogP contribution in [0.15, 0.2) is 59.5 Å². The third kappa shape index (κ3) is 3.61. The van der Waals surface area contributed by atoms with Crippen LogP contribution in [0.5, 0.6) is 0 Å². The molecule has 3 aromatic rings. The van der Waals surface area contributed by atoms with Crippen molar-refractivity contribution in [3.05, 3.63) is 81.3 Å². The smallest absolute Gasteiger partial charge is 0.268 e. The van der Waals surface area contributed by atoms with Crippen LogP contribution in [-0.2, 0) is 11.3 Å². The van der Waals surface area contributed by atoms with Crippen LogP contribution in [0.1, 0.15) is 16.7 Å². The standard InChI is InChI=1S/C21H15ClN2O2S/c1-13-6-8-14(9-7-13)10-18-20(25)24(21(26)27-18)12-16-11-15-4-2-3-5-17(15)23-19(16)22/h2-11H,12H2,1H3/b18-10-. The van der Waals surface area contributed by atoms with Gasteiger partial charge in [-0.15, -0.1) is 0 Å². The Balaban J connectivity index is 1.61. The Morgan fingerprint density at radius 3 is 2.63 bits per heavy atom. The highest BCUT2D eigenvalue weighted by molar-refractivity contribution is 8.18. The minimum Gasteiger partial charge on any atom is -0.268 e. The van der Waals surface area contributed by atoms with Crippen LogP contribution in [0, 0.1) is 6.92 Å². The van der Waals surface area contributed by atoms with Gasteiger partial charge in [0.05, 0.1) is 17.0 Å². The highest BCUT2D eigenvalue weighted by Gasteiger charge is 2.35. The summed E-state index contributed by atoms with van der Waals surface area (Å²) in [4.78, 5) is 31.1. The summed E-state index contributed by atoms with van der Waals surface area (Å²) in [7, 11) is 0. The number of para-hydroxylation sites is 1. The van der Waals surface area contributed by atoms with E-state index in [1.807, 2.05) is 61.5 Å². The number of benzene rings is 2. The summed E-state index contributed by atoms with van der Waals surface area (Å²) >= 11 is 7.22. The SMILES string of the molecule is Cc1ccc(/C=C2\SC(=O)N(Cc3cc4ccccc4nc3Cl)C2=O)cc1. The molecule has 4 rings (SSSR count). The number of halogens is 1. The van der Waals surface area contributed by atoms with Crippen molar-refractivity contribution in [2.75, 3.05) is 0 Å². The molecule has 0 spiro atoms. The molecule has 0 radical (unpaired) electrons. The Hall–Kier alpha value is -2.63. The van der Waals surface area contributed by atoms with E-state index < -0.39 is 0 Å². The number of thioether (sulfide) groups is 1. The lowest BCUT2D eigenvalue weighted by molar-refractivity contribution is -0.123. The van der Waals surface area contributed by atoms with Crippen molar-refractivity contribution in [2.24, 2.45) is 0 Å². The van der Waals surface area contributed by atoms with E-state index in [9.17, 15) is 9.59 Å². The molecule has 0 N–H and O–H groups in total. The van der Waals surface area contributed by atoms with Gasteiger partial charge in [0.15, 0.2) is 0 Å². The molecule has 27 heavy (non-hydrogen) atoms. The molecule has 1 saturated heterocycles. The summed E-state index contributed by atoms with van der Waals surface area (Å²) in [5, 5.41) is 0.914. The van der Waals surface area contributed by atoms with Gasteiger partial charge >= 0.3 is 0 Å². The number of aromatic nitrogens is 1. The number of rotatable bonds is 3. The van der Waals surface area contributed by atoms with Crippen LogP contribution in [0.4, 0.5) is 4.79 Å². The lowest BCUT2D eigenvalue weighted by Gasteiger charge is -2.14. The number of carbonyl (C=O) groups is 2. The first-order valence-corrected chi connectivity index (χ1v) is 9.57. The van der Waals surface area contributed by atoms with Crippen LogP contribution < -0.4 is 0 Å². The van der Waals surface area contributed by atoms with Crippen molar-refractivity contribution in [1.29, 1.82) is 0 Å². The van der Waals surface area contributed by atoms with E-state index in [0.717, 1.165) is 33.8 Å². The van der Waals surface area contributed by atoms with Crippen LogP contribution in [-0.4, -0.2) is 21.0 Å². The van der Waals surface area contributed by atoms with E-state index >= 15 is 0 Å². The molecule has 2 heterocycles. The topological polar surface area (TPSA) is 50.3 Å². The quantitative estimate of drug-likeness (QED) is 0.439. The zero-order valence-corrected chi connectivity index (χ0v) is 16.1. The van der Waals surface area contributed by atoms with E-state index in [2.05, 4.69) is 4.98 Å². The minimum atomic E-state index is -0.310.